The van der Waals surface area contributed by atoms with Crippen molar-refractivity contribution >= 4 is 17.9 Å². The molecule has 3 N–H and O–H groups in total. The third-order valence-electron chi connectivity index (χ3n) is 4.83. The summed E-state index contributed by atoms with van der Waals surface area (Å²) in [6, 6.07) is 22.6. The molecule has 0 bridgehead atoms. The molecule has 0 atom stereocenters. The topological polar surface area (TPSA) is 108 Å². The highest BCUT2D eigenvalue weighted by molar-refractivity contribution is 5.96. The van der Waals surface area contributed by atoms with Crippen LogP contribution in [0.25, 0.3) is 16.9 Å². The van der Waals surface area contributed by atoms with Gasteiger partial charge in [0.25, 0.3) is 5.56 Å². The predicted octanol–water partition coefficient (Wildman–Crippen LogP) is 3.77. The molecule has 4 aromatic rings. The first-order chi connectivity index (χ1) is 15.1. The van der Waals surface area contributed by atoms with Crippen molar-refractivity contribution in [1.29, 1.82) is 0 Å². The second kappa shape index (κ2) is 8.64. The molecule has 0 aliphatic rings. The third-order valence-corrected chi connectivity index (χ3v) is 4.83. The van der Waals surface area contributed by atoms with Crippen molar-refractivity contribution in [2.75, 3.05) is 0 Å². The van der Waals surface area contributed by atoms with Gasteiger partial charge >= 0.3 is 5.97 Å². The molecular weight excluding hydrogens is 394 g/mol. The molecule has 0 aliphatic carbocycles. The molecule has 1 heterocycles. The van der Waals surface area contributed by atoms with Crippen molar-refractivity contribution < 1.29 is 15.0 Å². The summed E-state index contributed by atoms with van der Waals surface area (Å²) in [6.45, 7) is -0.0872. The first kappa shape index (κ1) is 20.1. The Morgan fingerprint density at radius 2 is 1.65 bits per heavy atom. The lowest BCUT2D eigenvalue weighted by molar-refractivity contribution is 0.0698. The van der Waals surface area contributed by atoms with Crippen LogP contribution < -0.4 is 5.56 Å². The number of H-pyrrole nitrogens is 1. The number of para-hydroxylation sites is 1. The number of aromatic carboxylic acids is 1. The van der Waals surface area contributed by atoms with Gasteiger partial charge < -0.3 is 10.2 Å². The fourth-order valence-electron chi connectivity index (χ4n) is 3.23. The average Bonchev–Trinajstić information content (AvgIpc) is 3.14. The Labute approximate surface area is 177 Å². The molecule has 7 heteroatoms. The van der Waals surface area contributed by atoms with Gasteiger partial charge in [0.15, 0.2) is 0 Å². The van der Waals surface area contributed by atoms with Crippen molar-refractivity contribution in [1.82, 2.24) is 9.78 Å². The van der Waals surface area contributed by atoms with Gasteiger partial charge in [-0.3, -0.25) is 14.9 Å². The van der Waals surface area contributed by atoms with E-state index in [0.29, 0.717) is 16.9 Å². The maximum absolute atomic E-state index is 13.2. The van der Waals surface area contributed by atoms with E-state index in [1.807, 2.05) is 30.3 Å². The predicted molar refractivity (Wildman–Crippen MR) is 118 cm³/mol. The van der Waals surface area contributed by atoms with Crippen LogP contribution >= 0.6 is 0 Å². The lowest BCUT2D eigenvalue weighted by atomic mass is 10.1. The molecule has 31 heavy (non-hydrogen) atoms. The number of aromatic amines is 1. The van der Waals surface area contributed by atoms with Gasteiger partial charge in [-0.15, -0.1) is 0 Å². The normalized spacial score (nSPS) is 11.1. The Morgan fingerprint density at radius 3 is 2.32 bits per heavy atom. The van der Waals surface area contributed by atoms with Gasteiger partial charge in [0, 0.05) is 11.8 Å². The number of aliphatic hydroxyl groups excluding tert-OH is 1. The molecule has 154 valence electrons. The first-order valence-corrected chi connectivity index (χ1v) is 9.55. The zero-order valence-electron chi connectivity index (χ0n) is 16.4. The van der Waals surface area contributed by atoms with Crippen LogP contribution in [0.3, 0.4) is 0 Å². The second-order valence-electron chi connectivity index (χ2n) is 6.81. The molecular formula is C24H19N3O4. The van der Waals surface area contributed by atoms with E-state index in [2.05, 4.69) is 10.1 Å². The summed E-state index contributed by atoms with van der Waals surface area (Å²) in [4.78, 5) is 29.0. The van der Waals surface area contributed by atoms with Crippen molar-refractivity contribution in [3.05, 3.63) is 106 Å². The average molecular weight is 413 g/mol. The van der Waals surface area contributed by atoms with E-state index in [1.165, 1.54) is 17.0 Å². The number of rotatable bonds is 6. The van der Waals surface area contributed by atoms with Crippen LogP contribution in [0, 0.1) is 0 Å². The van der Waals surface area contributed by atoms with Crippen LogP contribution in [-0.2, 0) is 6.61 Å². The Bertz CT molecular complexity index is 1300. The molecule has 4 rings (SSSR count). The molecule has 1 aromatic heterocycles. The Kier molecular flexibility index (Phi) is 5.59. The number of aliphatic hydroxyl groups is 1. The largest absolute Gasteiger partial charge is 0.478 e. The zero-order valence-corrected chi connectivity index (χ0v) is 16.4. The number of hydrogen-bond acceptors (Lipinski definition) is 4. The van der Waals surface area contributed by atoms with Crippen molar-refractivity contribution in [2.45, 2.75) is 6.61 Å². The highest BCUT2D eigenvalue weighted by Crippen LogP contribution is 2.22. The summed E-state index contributed by atoms with van der Waals surface area (Å²) >= 11 is 0. The Hall–Kier alpha value is -4.23. The van der Waals surface area contributed by atoms with E-state index in [4.69, 9.17) is 0 Å². The van der Waals surface area contributed by atoms with E-state index < -0.39 is 5.97 Å². The fraction of sp³-hybridized carbons (Fsp3) is 0.0417. The van der Waals surface area contributed by atoms with Crippen molar-refractivity contribution in [3.63, 3.8) is 0 Å². The van der Waals surface area contributed by atoms with Crippen LogP contribution in [0.2, 0.25) is 0 Å². The first-order valence-electron chi connectivity index (χ1n) is 9.55. The lowest BCUT2D eigenvalue weighted by Crippen LogP contribution is -2.17. The number of carboxylic acids is 1. The quantitative estimate of drug-likeness (QED) is 0.418. The summed E-state index contributed by atoms with van der Waals surface area (Å²) < 4.78 is 1.40. The van der Waals surface area contributed by atoms with Gasteiger partial charge in [0.2, 0.25) is 0 Å². The van der Waals surface area contributed by atoms with E-state index in [1.54, 1.807) is 42.5 Å². The maximum Gasteiger partial charge on any atom is 0.337 e. The van der Waals surface area contributed by atoms with E-state index in [0.717, 1.165) is 11.1 Å². The van der Waals surface area contributed by atoms with Crippen LogP contribution in [0.5, 0.6) is 0 Å². The van der Waals surface area contributed by atoms with E-state index in [-0.39, 0.29) is 23.4 Å². The lowest BCUT2D eigenvalue weighted by Gasteiger charge is -2.03. The number of carbonyl (C=O) groups is 1. The summed E-state index contributed by atoms with van der Waals surface area (Å²) in [5.74, 6) is -1.09. The minimum atomic E-state index is -1.09. The van der Waals surface area contributed by atoms with Gasteiger partial charge in [0.05, 0.1) is 34.8 Å². The molecule has 3 aromatic carbocycles. The third kappa shape index (κ3) is 4.08. The number of benzene rings is 3. The van der Waals surface area contributed by atoms with Crippen LogP contribution in [-0.4, -0.2) is 32.2 Å². The van der Waals surface area contributed by atoms with Gasteiger partial charge in [0.1, 0.15) is 0 Å². The maximum atomic E-state index is 13.2. The highest BCUT2D eigenvalue weighted by atomic mass is 16.4. The molecule has 0 aliphatic heterocycles. The van der Waals surface area contributed by atoms with Crippen molar-refractivity contribution in [3.8, 4) is 16.9 Å². The molecule has 0 amide bonds. The molecule has 0 radical (unpaired) electrons. The molecule has 0 unspecified atom stereocenters. The summed E-state index contributed by atoms with van der Waals surface area (Å²) in [6.07, 6.45) is 1.39. The number of hydrogen-bond donors (Lipinski definition) is 3. The number of nitrogens with zero attached hydrogens (tertiary/aromatic N) is 2. The van der Waals surface area contributed by atoms with Gasteiger partial charge in [-0.1, -0.05) is 54.6 Å². The minimum absolute atomic E-state index is 0.0514. The Morgan fingerprint density at radius 1 is 0.968 bits per heavy atom. The second-order valence-corrected chi connectivity index (χ2v) is 6.81. The van der Waals surface area contributed by atoms with E-state index >= 15 is 0 Å². The smallest absolute Gasteiger partial charge is 0.337 e. The molecule has 0 fully saturated rings. The Balaban J connectivity index is 1.85. The van der Waals surface area contributed by atoms with Crippen LogP contribution in [0.1, 0.15) is 21.5 Å². The summed E-state index contributed by atoms with van der Waals surface area (Å²) in [7, 11) is 0. The van der Waals surface area contributed by atoms with Crippen molar-refractivity contribution in [2.24, 2.45) is 4.99 Å². The molecule has 0 saturated carbocycles. The standard InChI is InChI=1S/C24H19N3O4/c28-15-16-10-12-18(13-11-16)27-23(29)20(22(26-27)17-6-2-1-3-7-17)14-25-21-9-5-4-8-19(21)24(30)31/h1-14,26,28H,15H2,(H,30,31). The van der Waals surface area contributed by atoms with E-state index in [9.17, 15) is 19.8 Å². The highest BCUT2D eigenvalue weighted by Gasteiger charge is 2.16. The fourth-order valence-corrected chi connectivity index (χ4v) is 3.23. The number of aromatic nitrogens is 2. The van der Waals surface area contributed by atoms with Gasteiger partial charge in [-0.25, -0.2) is 9.48 Å². The molecule has 7 nitrogen and oxygen atoms in total. The summed E-state index contributed by atoms with van der Waals surface area (Å²) in [5.41, 5.74) is 2.98. The zero-order chi connectivity index (χ0) is 21.8. The molecule has 0 saturated heterocycles. The number of carboxylic acid groups (broad SMARTS) is 1. The SMILES string of the molecule is O=C(O)c1ccccc1N=Cc1c(-c2ccccc2)[nH]n(-c2ccc(CO)cc2)c1=O. The monoisotopic (exact) mass is 413 g/mol. The molecule has 0 spiro atoms. The van der Waals surface area contributed by atoms with Crippen LogP contribution in [0.4, 0.5) is 5.69 Å². The number of nitrogens with one attached hydrogen (secondary N) is 1. The summed E-state index contributed by atoms with van der Waals surface area (Å²) in [5, 5.41) is 21.8. The van der Waals surface area contributed by atoms with Crippen LogP contribution in [0.15, 0.2) is 88.6 Å². The minimum Gasteiger partial charge on any atom is -0.478 e. The number of aliphatic imine (C=N–C) groups is 1. The van der Waals surface area contributed by atoms with Gasteiger partial charge in [-0.05, 0) is 29.8 Å². The van der Waals surface area contributed by atoms with Gasteiger partial charge in [-0.2, -0.15) is 0 Å².